The summed E-state index contributed by atoms with van der Waals surface area (Å²) in [6.45, 7) is 4.51. The first-order chi connectivity index (χ1) is 14.9. The zero-order chi connectivity index (χ0) is 21.8. The Bertz CT molecular complexity index is 1030. The molecule has 9 heteroatoms. The predicted molar refractivity (Wildman–Crippen MR) is 115 cm³/mol. The van der Waals surface area contributed by atoms with Gasteiger partial charge in [-0.3, -0.25) is 4.79 Å². The summed E-state index contributed by atoms with van der Waals surface area (Å²) in [5, 5.41) is 2.96. The van der Waals surface area contributed by atoms with Crippen LogP contribution in [0.3, 0.4) is 0 Å². The third-order valence-electron chi connectivity index (χ3n) is 5.34. The van der Waals surface area contributed by atoms with Crippen molar-refractivity contribution in [3.63, 3.8) is 0 Å². The van der Waals surface area contributed by atoms with Crippen LogP contribution in [-0.2, 0) is 20.5 Å². The summed E-state index contributed by atoms with van der Waals surface area (Å²) < 4.78 is 42.9. The minimum atomic E-state index is -3.40. The molecule has 1 atom stereocenters. The Morgan fingerprint density at radius 3 is 2.39 bits per heavy atom. The van der Waals surface area contributed by atoms with Crippen LogP contribution in [0.25, 0.3) is 0 Å². The second kappa shape index (κ2) is 9.25. The fourth-order valence-electron chi connectivity index (χ4n) is 3.57. The van der Waals surface area contributed by atoms with Gasteiger partial charge in [-0.25, -0.2) is 8.42 Å². The average molecular weight is 447 g/mol. The van der Waals surface area contributed by atoms with Gasteiger partial charge in [-0.05, 0) is 42.3 Å². The molecule has 2 aromatic rings. The normalized spacial score (nSPS) is 17.7. The van der Waals surface area contributed by atoms with Gasteiger partial charge in [0, 0.05) is 18.7 Å². The molecule has 1 N–H and O–H groups in total. The van der Waals surface area contributed by atoms with E-state index in [1.165, 1.54) is 4.31 Å². The van der Waals surface area contributed by atoms with Crippen molar-refractivity contribution in [1.29, 1.82) is 0 Å². The van der Waals surface area contributed by atoms with E-state index in [9.17, 15) is 13.2 Å². The van der Waals surface area contributed by atoms with Crippen molar-refractivity contribution >= 4 is 15.9 Å². The van der Waals surface area contributed by atoms with Crippen LogP contribution in [0, 0.1) is 0 Å². The van der Waals surface area contributed by atoms with Gasteiger partial charge in [-0.1, -0.05) is 18.2 Å². The SMILES string of the molecule is C[C@@H](NC(=O)c1ccc(CS(=O)(=O)N2CCOCC2)cc1)c1ccc2c(c1)OCCO2. The molecule has 0 radical (unpaired) electrons. The average Bonchev–Trinajstić information content (AvgIpc) is 2.79. The molecule has 0 spiro atoms. The Kier molecular flexibility index (Phi) is 6.45. The van der Waals surface area contributed by atoms with E-state index < -0.39 is 10.0 Å². The van der Waals surface area contributed by atoms with Gasteiger partial charge < -0.3 is 19.5 Å². The number of nitrogens with one attached hydrogen (secondary N) is 1. The van der Waals surface area contributed by atoms with Crippen molar-refractivity contribution < 1.29 is 27.4 Å². The van der Waals surface area contributed by atoms with Gasteiger partial charge >= 0.3 is 0 Å². The first-order valence-electron chi connectivity index (χ1n) is 10.3. The highest BCUT2D eigenvalue weighted by Gasteiger charge is 2.24. The summed E-state index contributed by atoms with van der Waals surface area (Å²) in [4.78, 5) is 12.7. The second-order valence-corrected chi connectivity index (χ2v) is 9.53. The highest BCUT2D eigenvalue weighted by molar-refractivity contribution is 7.88. The molecular formula is C22H26N2O6S. The third kappa shape index (κ3) is 5.17. The Labute approximate surface area is 182 Å². The number of benzene rings is 2. The number of hydrogen-bond acceptors (Lipinski definition) is 6. The summed E-state index contributed by atoms with van der Waals surface area (Å²) in [5.74, 6) is 1.06. The second-order valence-electron chi connectivity index (χ2n) is 7.56. The van der Waals surface area contributed by atoms with Gasteiger partial charge in [0.25, 0.3) is 5.91 Å². The van der Waals surface area contributed by atoms with Crippen LogP contribution in [-0.4, -0.2) is 58.1 Å². The fourth-order valence-corrected chi connectivity index (χ4v) is 5.07. The maximum absolute atomic E-state index is 12.7. The monoisotopic (exact) mass is 446 g/mol. The van der Waals surface area contributed by atoms with Crippen LogP contribution >= 0.6 is 0 Å². The molecule has 0 aromatic heterocycles. The minimum Gasteiger partial charge on any atom is -0.486 e. The zero-order valence-corrected chi connectivity index (χ0v) is 18.2. The van der Waals surface area contributed by atoms with E-state index in [0.29, 0.717) is 62.1 Å². The molecule has 0 saturated carbocycles. The lowest BCUT2D eigenvalue weighted by Gasteiger charge is -2.26. The van der Waals surface area contributed by atoms with E-state index in [0.717, 1.165) is 5.56 Å². The van der Waals surface area contributed by atoms with Gasteiger partial charge in [-0.15, -0.1) is 0 Å². The van der Waals surface area contributed by atoms with Gasteiger partial charge in [-0.2, -0.15) is 4.31 Å². The molecule has 4 rings (SSSR count). The van der Waals surface area contributed by atoms with Crippen molar-refractivity contribution in [3.8, 4) is 11.5 Å². The standard InChI is InChI=1S/C22H26N2O6S/c1-16(19-6-7-20-21(14-19)30-13-12-29-20)23-22(25)18-4-2-17(3-5-18)15-31(26,27)24-8-10-28-11-9-24/h2-7,14,16H,8-13,15H2,1H3,(H,23,25)/t16-/m1/s1. The van der Waals surface area contributed by atoms with Gasteiger partial charge in [0.05, 0.1) is 25.0 Å². The van der Waals surface area contributed by atoms with Gasteiger partial charge in [0.15, 0.2) is 11.5 Å². The summed E-state index contributed by atoms with van der Waals surface area (Å²) in [7, 11) is -3.40. The maximum Gasteiger partial charge on any atom is 0.251 e. The van der Waals surface area contributed by atoms with Crippen molar-refractivity contribution in [1.82, 2.24) is 9.62 Å². The Hall–Kier alpha value is -2.62. The number of fused-ring (bicyclic) bond motifs is 1. The molecule has 8 nitrogen and oxygen atoms in total. The molecule has 166 valence electrons. The highest BCUT2D eigenvalue weighted by Crippen LogP contribution is 2.32. The van der Waals surface area contributed by atoms with Crippen LogP contribution in [0.4, 0.5) is 0 Å². The smallest absolute Gasteiger partial charge is 0.251 e. The van der Waals surface area contributed by atoms with Crippen LogP contribution in [0.2, 0.25) is 0 Å². The van der Waals surface area contributed by atoms with Crippen molar-refractivity contribution in [2.45, 2.75) is 18.7 Å². The number of amides is 1. The van der Waals surface area contributed by atoms with Crippen LogP contribution < -0.4 is 14.8 Å². The first-order valence-corrected chi connectivity index (χ1v) is 11.9. The molecule has 2 heterocycles. The molecule has 0 bridgehead atoms. The van der Waals surface area contributed by atoms with Crippen LogP contribution in [0.1, 0.15) is 34.5 Å². The van der Waals surface area contributed by atoms with E-state index in [1.54, 1.807) is 24.3 Å². The van der Waals surface area contributed by atoms with Crippen molar-refractivity contribution in [2.24, 2.45) is 0 Å². The van der Waals surface area contributed by atoms with Gasteiger partial charge in [0.1, 0.15) is 13.2 Å². The van der Waals surface area contributed by atoms with Crippen LogP contribution in [0.5, 0.6) is 11.5 Å². The molecule has 1 amide bonds. The lowest BCUT2D eigenvalue weighted by atomic mass is 10.1. The predicted octanol–water partition coefficient (Wildman–Crippen LogP) is 2.11. The molecular weight excluding hydrogens is 420 g/mol. The Balaban J connectivity index is 1.38. The third-order valence-corrected chi connectivity index (χ3v) is 7.19. The number of carbonyl (C=O) groups excluding carboxylic acids is 1. The zero-order valence-electron chi connectivity index (χ0n) is 17.4. The molecule has 31 heavy (non-hydrogen) atoms. The van der Waals surface area contributed by atoms with E-state index in [2.05, 4.69) is 5.32 Å². The molecule has 2 aliphatic rings. The van der Waals surface area contributed by atoms with Crippen LogP contribution in [0.15, 0.2) is 42.5 Å². The van der Waals surface area contributed by atoms with E-state index in [1.807, 2.05) is 25.1 Å². The lowest BCUT2D eigenvalue weighted by molar-refractivity contribution is 0.0729. The number of ether oxygens (including phenoxy) is 3. The van der Waals surface area contributed by atoms with Crippen molar-refractivity contribution in [3.05, 3.63) is 59.2 Å². The quantitative estimate of drug-likeness (QED) is 0.731. The molecule has 0 aliphatic carbocycles. The fraction of sp³-hybridized carbons (Fsp3) is 0.409. The number of morpholine rings is 1. The number of nitrogens with zero attached hydrogens (tertiary/aromatic N) is 1. The molecule has 1 saturated heterocycles. The Morgan fingerprint density at radius 1 is 1.00 bits per heavy atom. The van der Waals surface area contributed by atoms with E-state index in [-0.39, 0.29) is 17.7 Å². The highest BCUT2D eigenvalue weighted by atomic mass is 32.2. The largest absolute Gasteiger partial charge is 0.486 e. The topological polar surface area (TPSA) is 94.2 Å². The van der Waals surface area contributed by atoms with E-state index >= 15 is 0 Å². The lowest BCUT2D eigenvalue weighted by Crippen LogP contribution is -2.41. The minimum absolute atomic E-state index is 0.0947. The summed E-state index contributed by atoms with van der Waals surface area (Å²) >= 11 is 0. The summed E-state index contributed by atoms with van der Waals surface area (Å²) in [5.41, 5.74) is 2.02. The first kappa shape index (κ1) is 21.6. The van der Waals surface area contributed by atoms with E-state index in [4.69, 9.17) is 14.2 Å². The number of rotatable bonds is 6. The molecule has 0 unspecified atom stereocenters. The maximum atomic E-state index is 12.7. The number of carbonyl (C=O) groups is 1. The summed E-state index contributed by atoms with van der Waals surface area (Å²) in [6, 6.07) is 12.0. The van der Waals surface area contributed by atoms with Gasteiger partial charge in [0.2, 0.25) is 10.0 Å². The molecule has 1 fully saturated rings. The van der Waals surface area contributed by atoms with Crippen molar-refractivity contribution in [2.75, 3.05) is 39.5 Å². The number of sulfonamides is 1. The molecule has 2 aliphatic heterocycles. The Morgan fingerprint density at radius 2 is 1.68 bits per heavy atom. The number of hydrogen-bond donors (Lipinski definition) is 1. The molecule has 2 aromatic carbocycles. The summed E-state index contributed by atoms with van der Waals surface area (Å²) in [6.07, 6.45) is 0.